The van der Waals surface area contributed by atoms with Crippen LogP contribution in [0.3, 0.4) is 0 Å². The van der Waals surface area contributed by atoms with Crippen molar-refractivity contribution in [1.29, 1.82) is 0 Å². The number of rotatable bonds is 3. The fraction of sp³-hybridized carbons (Fsp3) is 0.364. The maximum absolute atomic E-state index is 11.9. The fourth-order valence-electron chi connectivity index (χ4n) is 2.12. The highest BCUT2D eigenvalue weighted by molar-refractivity contribution is 8.14. The summed E-state index contributed by atoms with van der Waals surface area (Å²) in [6, 6.07) is 4.21. The molecule has 1 aliphatic rings. The summed E-state index contributed by atoms with van der Waals surface area (Å²) in [6.45, 7) is 1.57. The molecule has 7 nitrogen and oxygen atoms in total. The number of halogens is 1. The number of hydrogen-bond donors (Lipinski definition) is 0. The third-order valence-electron chi connectivity index (χ3n) is 3.06. The van der Waals surface area contributed by atoms with E-state index in [0.29, 0.717) is 11.3 Å². The summed E-state index contributed by atoms with van der Waals surface area (Å²) < 4.78 is 22.6. The number of non-ortho nitro benzene ring substituents is 1. The van der Waals surface area contributed by atoms with E-state index in [2.05, 4.69) is 0 Å². The predicted molar refractivity (Wildman–Crippen MR) is 73.4 cm³/mol. The number of nitro benzene ring substituents is 1. The molecule has 20 heavy (non-hydrogen) atoms. The first kappa shape index (κ1) is 14.7. The fourth-order valence-corrected chi connectivity index (χ4v) is 3.14. The minimum Gasteiger partial charge on any atom is -0.311 e. The van der Waals surface area contributed by atoms with E-state index in [1.807, 2.05) is 0 Å². The van der Waals surface area contributed by atoms with Gasteiger partial charge in [0.1, 0.15) is 5.25 Å². The zero-order chi connectivity index (χ0) is 15.1. The average molecular weight is 319 g/mol. The van der Waals surface area contributed by atoms with Crippen molar-refractivity contribution in [2.45, 2.75) is 18.6 Å². The average Bonchev–Trinajstić information content (AvgIpc) is 2.70. The molecule has 0 aromatic heterocycles. The van der Waals surface area contributed by atoms with Crippen LogP contribution in [-0.4, -0.2) is 31.0 Å². The van der Waals surface area contributed by atoms with E-state index in [4.69, 9.17) is 10.7 Å². The molecule has 0 aliphatic carbocycles. The molecule has 0 bridgehead atoms. The molecule has 0 saturated carbocycles. The van der Waals surface area contributed by atoms with Crippen LogP contribution in [0.2, 0.25) is 0 Å². The van der Waals surface area contributed by atoms with Crippen molar-refractivity contribution in [3.8, 4) is 0 Å². The summed E-state index contributed by atoms with van der Waals surface area (Å²) in [6.07, 6.45) is -0.215. The first-order valence-corrected chi connectivity index (χ1v) is 8.05. The zero-order valence-electron chi connectivity index (χ0n) is 10.4. The van der Waals surface area contributed by atoms with Crippen LogP contribution in [0.1, 0.15) is 12.0 Å². The van der Waals surface area contributed by atoms with Gasteiger partial charge in [-0.05, 0) is 18.6 Å². The second kappa shape index (κ2) is 5.02. The van der Waals surface area contributed by atoms with Gasteiger partial charge in [-0.3, -0.25) is 14.9 Å². The standard InChI is InChI=1S/C11H11ClN2O5S/c1-7-2-8(4-9(3-7)14(16)17)13-6-10(5-11(13)15)20(12,18)19/h2-4,10H,5-6H2,1H3. The van der Waals surface area contributed by atoms with E-state index in [-0.39, 0.29) is 18.7 Å². The summed E-state index contributed by atoms with van der Waals surface area (Å²) in [5.74, 6) is -0.417. The van der Waals surface area contributed by atoms with Crippen molar-refractivity contribution in [2.24, 2.45) is 0 Å². The van der Waals surface area contributed by atoms with Crippen LogP contribution in [0, 0.1) is 17.0 Å². The number of nitro groups is 1. The molecule has 1 heterocycles. The molecule has 2 rings (SSSR count). The van der Waals surface area contributed by atoms with E-state index >= 15 is 0 Å². The highest BCUT2D eigenvalue weighted by Gasteiger charge is 2.38. The monoisotopic (exact) mass is 318 g/mol. The lowest BCUT2D eigenvalue weighted by atomic mass is 10.2. The van der Waals surface area contributed by atoms with Gasteiger partial charge in [0.2, 0.25) is 15.0 Å². The van der Waals surface area contributed by atoms with Crippen LogP contribution < -0.4 is 4.90 Å². The van der Waals surface area contributed by atoms with Gasteiger partial charge in [-0.2, -0.15) is 0 Å². The lowest BCUT2D eigenvalue weighted by Gasteiger charge is -2.16. The molecular formula is C11H11ClN2O5S. The molecule has 108 valence electrons. The second-order valence-corrected chi connectivity index (χ2v) is 7.50. The minimum atomic E-state index is -3.84. The first-order chi connectivity index (χ1) is 9.18. The number of aryl methyl sites for hydroxylation is 1. The van der Waals surface area contributed by atoms with Crippen molar-refractivity contribution in [3.63, 3.8) is 0 Å². The molecule has 1 amide bonds. The number of carbonyl (C=O) groups excluding carboxylic acids is 1. The van der Waals surface area contributed by atoms with Gasteiger partial charge in [-0.15, -0.1) is 0 Å². The predicted octanol–water partition coefficient (Wildman–Crippen LogP) is 1.58. The van der Waals surface area contributed by atoms with Gasteiger partial charge in [0, 0.05) is 35.8 Å². The van der Waals surface area contributed by atoms with E-state index in [0.717, 1.165) is 0 Å². The summed E-state index contributed by atoms with van der Waals surface area (Å²) in [7, 11) is 1.42. The summed E-state index contributed by atoms with van der Waals surface area (Å²) in [5.41, 5.74) is 0.772. The Hall–Kier alpha value is -1.67. The van der Waals surface area contributed by atoms with Crippen LogP contribution in [0.25, 0.3) is 0 Å². The maximum atomic E-state index is 11.9. The number of anilines is 1. The Morgan fingerprint density at radius 1 is 1.40 bits per heavy atom. The van der Waals surface area contributed by atoms with Gasteiger partial charge in [-0.25, -0.2) is 8.42 Å². The Labute approximate surface area is 119 Å². The third kappa shape index (κ3) is 2.91. The molecular weight excluding hydrogens is 308 g/mol. The molecule has 1 atom stereocenters. The molecule has 0 N–H and O–H groups in total. The third-order valence-corrected chi connectivity index (χ3v) is 4.93. The molecule has 0 radical (unpaired) electrons. The van der Waals surface area contributed by atoms with Gasteiger partial charge in [0.25, 0.3) is 5.69 Å². The van der Waals surface area contributed by atoms with Crippen molar-refractivity contribution in [1.82, 2.24) is 0 Å². The Morgan fingerprint density at radius 2 is 2.05 bits per heavy atom. The van der Waals surface area contributed by atoms with Crippen molar-refractivity contribution in [3.05, 3.63) is 33.9 Å². The van der Waals surface area contributed by atoms with E-state index < -0.39 is 25.1 Å². The molecule has 1 fully saturated rings. The largest absolute Gasteiger partial charge is 0.311 e. The number of hydrogen-bond acceptors (Lipinski definition) is 5. The quantitative estimate of drug-likeness (QED) is 0.478. The second-order valence-electron chi connectivity index (χ2n) is 4.59. The van der Waals surface area contributed by atoms with Crippen LogP contribution >= 0.6 is 10.7 Å². The van der Waals surface area contributed by atoms with Crippen LogP contribution in [0.15, 0.2) is 18.2 Å². The molecule has 1 aromatic carbocycles. The van der Waals surface area contributed by atoms with E-state index in [1.165, 1.54) is 17.0 Å². The normalized spacial score (nSPS) is 19.4. The molecule has 1 saturated heterocycles. The number of carbonyl (C=O) groups is 1. The van der Waals surface area contributed by atoms with Gasteiger partial charge < -0.3 is 4.90 Å². The van der Waals surface area contributed by atoms with Crippen LogP contribution in [0.5, 0.6) is 0 Å². The zero-order valence-corrected chi connectivity index (χ0v) is 12.0. The Morgan fingerprint density at radius 3 is 2.55 bits per heavy atom. The summed E-state index contributed by atoms with van der Waals surface area (Å²) in [4.78, 5) is 23.3. The highest BCUT2D eigenvalue weighted by Crippen LogP contribution is 2.30. The lowest BCUT2D eigenvalue weighted by molar-refractivity contribution is -0.384. The Kier molecular flexibility index (Phi) is 3.70. The molecule has 1 aromatic rings. The van der Waals surface area contributed by atoms with Crippen molar-refractivity contribution < 1.29 is 18.1 Å². The Bertz CT molecular complexity index is 688. The van der Waals surface area contributed by atoms with E-state index in [9.17, 15) is 23.3 Å². The summed E-state index contributed by atoms with van der Waals surface area (Å²) >= 11 is 0. The smallest absolute Gasteiger partial charge is 0.271 e. The number of benzene rings is 1. The highest BCUT2D eigenvalue weighted by atomic mass is 35.7. The molecule has 0 spiro atoms. The van der Waals surface area contributed by atoms with Crippen LogP contribution in [0.4, 0.5) is 11.4 Å². The summed E-state index contributed by atoms with van der Waals surface area (Å²) in [5, 5.41) is 9.82. The molecule has 9 heteroatoms. The molecule has 1 unspecified atom stereocenters. The van der Waals surface area contributed by atoms with E-state index in [1.54, 1.807) is 13.0 Å². The van der Waals surface area contributed by atoms with Gasteiger partial charge in [-0.1, -0.05) is 0 Å². The van der Waals surface area contributed by atoms with Crippen molar-refractivity contribution >= 4 is 37.0 Å². The minimum absolute atomic E-state index is 0.0920. The Balaban J connectivity index is 2.38. The number of amides is 1. The molecule has 1 aliphatic heterocycles. The maximum Gasteiger partial charge on any atom is 0.271 e. The SMILES string of the molecule is Cc1cc(N2CC(S(=O)(=O)Cl)CC2=O)cc([N+](=O)[O-])c1. The van der Waals surface area contributed by atoms with Crippen molar-refractivity contribution in [2.75, 3.05) is 11.4 Å². The van der Waals surface area contributed by atoms with Gasteiger partial charge in [0.05, 0.1) is 10.6 Å². The van der Waals surface area contributed by atoms with Gasteiger partial charge in [0.15, 0.2) is 0 Å². The van der Waals surface area contributed by atoms with Gasteiger partial charge >= 0.3 is 0 Å². The number of nitrogens with zero attached hydrogens (tertiary/aromatic N) is 2. The van der Waals surface area contributed by atoms with Crippen LogP contribution in [-0.2, 0) is 13.8 Å². The first-order valence-electron chi connectivity index (χ1n) is 5.68. The lowest BCUT2D eigenvalue weighted by Crippen LogP contribution is -2.26. The topological polar surface area (TPSA) is 97.6 Å².